The monoisotopic (exact) mass is 304 g/mol. The first-order chi connectivity index (χ1) is 7.50. The molecule has 0 heterocycles. The first-order valence-electron chi connectivity index (χ1n) is 4.52. The van der Waals surface area contributed by atoms with Crippen LogP contribution in [0.5, 0.6) is 0 Å². The SMILES string of the molecule is NC(=S)CCNC(=O)c1ccc(F)c(Br)c1. The highest BCUT2D eigenvalue weighted by atomic mass is 79.9. The number of nitrogens with one attached hydrogen (secondary N) is 1. The third-order valence-electron chi connectivity index (χ3n) is 1.84. The Morgan fingerprint density at radius 2 is 2.25 bits per heavy atom. The van der Waals surface area contributed by atoms with Crippen molar-refractivity contribution >= 4 is 39.0 Å². The zero-order chi connectivity index (χ0) is 12.1. The van der Waals surface area contributed by atoms with Crippen molar-refractivity contribution in [1.29, 1.82) is 0 Å². The molecule has 86 valence electrons. The van der Waals surface area contributed by atoms with Crippen molar-refractivity contribution in [2.45, 2.75) is 6.42 Å². The summed E-state index contributed by atoms with van der Waals surface area (Å²) in [5.74, 6) is -0.684. The van der Waals surface area contributed by atoms with Crippen LogP contribution in [0, 0.1) is 5.82 Å². The first-order valence-corrected chi connectivity index (χ1v) is 5.72. The number of halogens is 2. The molecule has 0 aliphatic heterocycles. The molecule has 0 aliphatic carbocycles. The second kappa shape index (κ2) is 5.91. The van der Waals surface area contributed by atoms with Gasteiger partial charge >= 0.3 is 0 Å². The molecule has 1 rings (SSSR count). The van der Waals surface area contributed by atoms with Gasteiger partial charge in [-0.3, -0.25) is 4.79 Å². The summed E-state index contributed by atoms with van der Waals surface area (Å²) in [5.41, 5.74) is 5.67. The number of hydrogen-bond acceptors (Lipinski definition) is 2. The van der Waals surface area contributed by atoms with Crippen LogP contribution in [-0.2, 0) is 0 Å². The molecule has 16 heavy (non-hydrogen) atoms. The summed E-state index contributed by atoms with van der Waals surface area (Å²) in [6, 6.07) is 4.06. The highest BCUT2D eigenvalue weighted by molar-refractivity contribution is 9.10. The first kappa shape index (κ1) is 13.1. The summed E-state index contributed by atoms with van der Waals surface area (Å²) >= 11 is 7.68. The molecule has 0 aliphatic rings. The average Bonchev–Trinajstić information content (AvgIpc) is 2.21. The van der Waals surface area contributed by atoms with Gasteiger partial charge in [-0.05, 0) is 34.1 Å². The smallest absolute Gasteiger partial charge is 0.251 e. The molecular weight excluding hydrogens is 295 g/mol. The van der Waals surface area contributed by atoms with Crippen molar-refractivity contribution < 1.29 is 9.18 Å². The van der Waals surface area contributed by atoms with Crippen molar-refractivity contribution in [2.24, 2.45) is 5.73 Å². The molecule has 0 saturated carbocycles. The predicted octanol–water partition coefficient (Wildman–Crippen LogP) is 1.99. The van der Waals surface area contributed by atoms with E-state index in [9.17, 15) is 9.18 Å². The number of nitrogens with two attached hydrogens (primary N) is 1. The summed E-state index contributed by atoms with van der Waals surface area (Å²) in [6.07, 6.45) is 0.448. The van der Waals surface area contributed by atoms with Gasteiger partial charge in [0.1, 0.15) is 5.82 Å². The van der Waals surface area contributed by atoms with E-state index in [0.717, 1.165) is 0 Å². The lowest BCUT2D eigenvalue weighted by Gasteiger charge is -2.05. The molecule has 0 fully saturated rings. The molecule has 3 N–H and O–H groups in total. The van der Waals surface area contributed by atoms with E-state index in [4.69, 9.17) is 5.73 Å². The summed E-state index contributed by atoms with van der Waals surface area (Å²) in [5, 5.41) is 2.63. The van der Waals surface area contributed by atoms with Gasteiger partial charge < -0.3 is 11.1 Å². The minimum atomic E-state index is -0.403. The molecule has 0 aromatic heterocycles. The minimum absolute atomic E-state index is 0.259. The maximum Gasteiger partial charge on any atom is 0.251 e. The Labute approximate surface area is 106 Å². The van der Waals surface area contributed by atoms with E-state index in [1.54, 1.807) is 0 Å². The highest BCUT2D eigenvalue weighted by Crippen LogP contribution is 2.16. The maximum atomic E-state index is 12.9. The van der Waals surface area contributed by atoms with E-state index in [1.807, 2.05) is 0 Å². The van der Waals surface area contributed by atoms with Gasteiger partial charge in [-0.25, -0.2) is 4.39 Å². The molecule has 1 amide bonds. The van der Waals surface area contributed by atoms with Crippen molar-refractivity contribution in [2.75, 3.05) is 6.54 Å². The van der Waals surface area contributed by atoms with Crippen LogP contribution in [0.1, 0.15) is 16.8 Å². The summed E-state index contributed by atoms with van der Waals surface area (Å²) in [7, 11) is 0. The third kappa shape index (κ3) is 3.86. The number of amides is 1. The second-order valence-corrected chi connectivity index (χ2v) is 4.48. The van der Waals surface area contributed by atoms with Gasteiger partial charge in [0, 0.05) is 18.5 Å². The lowest BCUT2D eigenvalue weighted by molar-refractivity contribution is 0.0954. The minimum Gasteiger partial charge on any atom is -0.393 e. The number of carbonyl (C=O) groups excluding carboxylic acids is 1. The van der Waals surface area contributed by atoms with Crippen molar-refractivity contribution in [3.63, 3.8) is 0 Å². The van der Waals surface area contributed by atoms with Gasteiger partial charge in [-0.1, -0.05) is 12.2 Å². The standard InChI is InChI=1S/C10H10BrFN2OS/c11-7-5-6(1-2-8(7)12)10(15)14-4-3-9(13)16/h1-2,5H,3-4H2,(H2,13,16)(H,14,15). The van der Waals surface area contributed by atoms with Gasteiger partial charge in [0.05, 0.1) is 9.46 Å². The van der Waals surface area contributed by atoms with Gasteiger partial charge in [0.25, 0.3) is 5.91 Å². The summed E-state index contributed by atoms with van der Waals surface area (Å²) < 4.78 is 13.2. The third-order valence-corrected chi connectivity index (χ3v) is 2.65. The molecular formula is C10H10BrFN2OS. The molecule has 1 aromatic carbocycles. The molecule has 0 unspecified atom stereocenters. The fourth-order valence-electron chi connectivity index (χ4n) is 1.04. The maximum absolute atomic E-state index is 12.9. The van der Waals surface area contributed by atoms with Crippen LogP contribution in [0.3, 0.4) is 0 Å². The highest BCUT2D eigenvalue weighted by Gasteiger charge is 2.07. The Morgan fingerprint density at radius 1 is 1.56 bits per heavy atom. The quantitative estimate of drug-likeness (QED) is 0.837. The molecule has 0 saturated heterocycles. The van der Waals surface area contributed by atoms with E-state index < -0.39 is 5.82 Å². The zero-order valence-corrected chi connectivity index (χ0v) is 10.7. The van der Waals surface area contributed by atoms with E-state index in [-0.39, 0.29) is 10.4 Å². The van der Waals surface area contributed by atoms with Crippen molar-refractivity contribution in [3.05, 3.63) is 34.1 Å². The molecule has 0 bridgehead atoms. The number of benzene rings is 1. The van der Waals surface area contributed by atoms with Gasteiger partial charge in [0.2, 0.25) is 0 Å². The van der Waals surface area contributed by atoms with E-state index in [0.29, 0.717) is 23.5 Å². The van der Waals surface area contributed by atoms with Crippen LogP contribution in [-0.4, -0.2) is 17.4 Å². The lowest BCUT2D eigenvalue weighted by Crippen LogP contribution is -2.27. The van der Waals surface area contributed by atoms with E-state index >= 15 is 0 Å². The Bertz CT molecular complexity index is 425. The van der Waals surface area contributed by atoms with E-state index in [2.05, 4.69) is 33.5 Å². The van der Waals surface area contributed by atoms with Crippen LogP contribution < -0.4 is 11.1 Å². The molecule has 6 heteroatoms. The molecule has 0 atom stereocenters. The summed E-state index contributed by atoms with van der Waals surface area (Å²) in [4.78, 5) is 11.9. The Balaban J connectivity index is 2.59. The molecule has 3 nitrogen and oxygen atoms in total. The van der Waals surface area contributed by atoms with E-state index in [1.165, 1.54) is 18.2 Å². The Kier molecular flexibility index (Phi) is 4.82. The van der Waals surface area contributed by atoms with Crippen LogP contribution in [0.4, 0.5) is 4.39 Å². The van der Waals surface area contributed by atoms with Crippen molar-refractivity contribution in [1.82, 2.24) is 5.32 Å². The fraction of sp³-hybridized carbons (Fsp3) is 0.200. The van der Waals surface area contributed by atoms with Crippen LogP contribution in [0.25, 0.3) is 0 Å². The lowest BCUT2D eigenvalue weighted by atomic mass is 10.2. The fourth-order valence-corrected chi connectivity index (χ4v) is 1.52. The molecule has 0 radical (unpaired) electrons. The number of thiocarbonyl (C=S) groups is 1. The topological polar surface area (TPSA) is 55.1 Å². The number of rotatable bonds is 4. The van der Waals surface area contributed by atoms with Gasteiger partial charge in [0.15, 0.2) is 0 Å². The number of carbonyl (C=O) groups is 1. The Hall–Kier alpha value is -1.01. The average molecular weight is 305 g/mol. The second-order valence-electron chi connectivity index (χ2n) is 3.10. The van der Waals surface area contributed by atoms with Crippen molar-refractivity contribution in [3.8, 4) is 0 Å². The van der Waals surface area contributed by atoms with Crippen LogP contribution in [0.2, 0.25) is 0 Å². The molecule has 1 aromatic rings. The normalized spacial score (nSPS) is 9.88. The van der Waals surface area contributed by atoms with Gasteiger partial charge in [-0.2, -0.15) is 0 Å². The predicted molar refractivity (Wildman–Crippen MR) is 67.8 cm³/mol. The van der Waals surface area contributed by atoms with Crippen LogP contribution in [0.15, 0.2) is 22.7 Å². The Morgan fingerprint density at radius 3 is 2.81 bits per heavy atom. The zero-order valence-electron chi connectivity index (χ0n) is 8.30. The largest absolute Gasteiger partial charge is 0.393 e. The number of hydrogen-bond donors (Lipinski definition) is 2. The van der Waals surface area contributed by atoms with Crippen LogP contribution >= 0.6 is 28.1 Å². The van der Waals surface area contributed by atoms with Gasteiger partial charge in [-0.15, -0.1) is 0 Å². The summed E-state index contributed by atoms with van der Waals surface area (Å²) in [6.45, 7) is 0.378. The molecule has 0 spiro atoms.